The lowest BCUT2D eigenvalue weighted by Gasteiger charge is -2.10. The number of aromatic nitrogens is 6. The summed E-state index contributed by atoms with van der Waals surface area (Å²) in [6, 6.07) is 9.01. The van der Waals surface area contributed by atoms with Gasteiger partial charge in [0.15, 0.2) is 0 Å². The van der Waals surface area contributed by atoms with Crippen molar-refractivity contribution in [3.8, 4) is 17.1 Å². The Bertz CT molecular complexity index is 933. The Morgan fingerprint density at radius 3 is 2.62 bits per heavy atom. The van der Waals surface area contributed by atoms with Gasteiger partial charge in [-0.05, 0) is 10.4 Å². The number of carbonyl (C=O) groups excluding carboxylic acids is 1. The van der Waals surface area contributed by atoms with Gasteiger partial charge in [-0.25, -0.2) is 14.5 Å². The number of tetrazole rings is 1. The monoisotopic (exact) mass is 327 g/mol. The maximum absolute atomic E-state index is 12.4. The van der Waals surface area contributed by atoms with Crippen molar-refractivity contribution in [2.45, 2.75) is 0 Å². The molecule has 0 unspecified atom stereocenters. The maximum Gasteiger partial charge on any atom is 0.420 e. The molecule has 1 amide bonds. The quantitative estimate of drug-likeness (QED) is 0.747. The van der Waals surface area contributed by atoms with Crippen LogP contribution in [0.2, 0.25) is 0 Å². The van der Waals surface area contributed by atoms with E-state index in [-0.39, 0.29) is 23.1 Å². The first-order valence-corrected chi connectivity index (χ1v) is 6.89. The third kappa shape index (κ3) is 2.97. The van der Waals surface area contributed by atoms with Crippen LogP contribution in [0.15, 0.2) is 41.3 Å². The number of hydrogen-bond acceptors (Lipinski definition) is 7. The van der Waals surface area contributed by atoms with Gasteiger partial charge >= 0.3 is 6.09 Å². The van der Waals surface area contributed by atoms with Crippen LogP contribution in [-0.2, 0) is 14.1 Å². The molecule has 0 spiro atoms. The van der Waals surface area contributed by atoms with Crippen LogP contribution in [0.1, 0.15) is 0 Å². The number of hydrogen-bond donors (Lipinski definition) is 1. The molecule has 0 saturated carbocycles. The molecular weight excluding hydrogens is 314 g/mol. The van der Waals surface area contributed by atoms with E-state index in [2.05, 4.69) is 25.8 Å². The molecule has 0 bridgehead atoms. The van der Waals surface area contributed by atoms with E-state index in [0.717, 1.165) is 0 Å². The normalized spacial score (nSPS) is 10.4. The minimum atomic E-state index is -0.836. The highest BCUT2D eigenvalue weighted by molar-refractivity contribution is 5.83. The maximum atomic E-state index is 12.4. The molecule has 1 aromatic carbocycles. The van der Waals surface area contributed by atoms with E-state index in [0.29, 0.717) is 5.56 Å². The minimum Gasteiger partial charge on any atom is -0.391 e. The number of nitrogens with zero attached hydrogens (tertiary/aromatic N) is 6. The summed E-state index contributed by atoms with van der Waals surface area (Å²) in [5.41, 5.74) is 0.564. The van der Waals surface area contributed by atoms with Crippen LogP contribution in [0.3, 0.4) is 0 Å². The topological polar surface area (TPSA) is 117 Å². The Morgan fingerprint density at radius 1 is 1.21 bits per heavy atom. The zero-order chi connectivity index (χ0) is 17.1. The Morgan fingerprint density at radius 2 is 1.96 bits per heavy atom. The van der Waals surface area contributed by atoms with Crippen molar-refractivity contribution in [3.05, 3.63) is 46.9 Å². The molecule has 1 N–H and O–H groups in total. The van der Waals surface area contributed by atoms with Gasteiger partial charge in [-0.3, -0.25) is 14.7 Å². The fraction of sp³-hybridized carbons (Fsp3) is 0.143. The highest BCUT2D eigenvalue weighted by Crippen LogP contribution is 2.14. The van der Waals surface area contributed by atoms with Crippen LogP contribution in [-0.4, -0.2) is 35.9 Å². The molecule has 24 heavy (non-hydrogen) atoms. The van der Waals surface area contributed by atoms with Gasteiger partial charge in [0.25, 0.3) is 11.5 Å². The first kappa shape index (κ1) is 15.3. The lowest BCUT2D eigenvalue weighted by Crippen LogP contribution is -2.26. The molecule has 122 valence electrons. The van der Waals surface area contributed by atoms with E-state index in [4.69, 9.17) is 4.74 Å². The summed E-state index contributed by atoms with van der Waals surface area (Å²) in [6.45, 7) is 0. The molecule has 10 nitrogen and oxygen atoms in total. The van der Waals surface area contributed by atoms with E-state index in [1.54, 1.807) is 19.2 Å². The summed E-state index contributed by atoms with van der Waals surface area (Å²) in [7, 11) is 3.05. The first-order valence-electron chi connectivity index (χ1n) is 6.89. The fourth-order valence-corrected chi connectivity index (χ4v) is 1.96. The number of aryl methyl sites for hydroxylation is 1. The number of anilines is 1. The van der Waals surface area contributed by atoms with Crippen molar-refractivity contribution in [2.75, 3.05) is 5.32 Å². The second-order valence-corrected chi connectivity index (χ2v) is 4.82. The van der Waals surface area contributed by atoms with Crippen molar-refractivity contribution < 1.29 is 9.53 Å². The highest BCUT2D eigenvalue weighted by Gasteiger charge is 2.14. The highest BCUT2D eigenvalue weighted by atomic mass is 16.6. The molecule has 3 rings (SSSR count). The lowest BCUT2D eigenvalue weighted by molar-refractivity contribution is 0.210. The summed E-state index contributed by atoms with van der Waals surface area (Å²) >= 11 is 0. The minimum absolute atomic E-state index is 0.00712. The SMILES string of the molecule is Cn1nnnc1NC(=O)Oc1cnc(-c2ccccc2)c(=O)n1C. The van der Waals surface area contributed by atoms with E-state index >= 15 is 0 Å². The van der Waals surface area contributed by atoms with Crippen molar-refractivity contribution in [2.24, 2.45) is 14.1 Å². The predicted octanol–water partition coefficient (Wildman–Crippen LogP) is 0.582. The molecule has 0 aliphatic carbocycles. The van der Waals surface area contributed by atoms with Crippen LogP contribution >= 0.6 is 0 Å². The zero-order valence-corrected chi connectivity index (χ0v) is 12.9. The Hall–Kier alpha value is -3.56. The number of benzene rings is 1. The molecule has 2 aromatic heterocycles. The molecule has 10 heteroatoms. The number of nitrogens with one attached hydrogen (secondary N) is 1. The molecular formula is C14H13N7O3. The average Bonchev–Trinajstić information content (AvgIpc) is 2.98. The van der Waals surface area contributed by atoms with Crippen molar-refractivity contribution >= 4 is 12.0 Å². The summed E-state index contributed by atoms with van der Waals surface area (Å²) in [4.78, 5) is 28.4. The van der Waals surface area contributed by atoms with Crippen LogP contribution in [0, 0.1) is 0 Å². The molecule has 0 fully saturated rings. The van der Waals surface area contributed by atoms with Crippen LogP contribution in [0.25, 0.3) is 11.3 Å². The summed E-state index contributed by atoms with van der Waals surface area (Å²) in [6.07, 6.45) is 0.468. The van der Waals surface area contributed by atoms with Gasteiger partial charge in [-0.1, -0.05) is 35.4 Å². The van der Waals surface area contributed by atoms with Gasteiger partial charge in [-0.2, -0.15) is 0 Å². The lowest BCUT2D eigenvalue weighted by atomic mass is 10.1. The van der Waals surface area contributed by atoms with E-state index in [1.165, 1.54) is 22.5 Å². The second-order valence-electron chi connectivity index (χ2n) is 4.82. The molecule has 0 radical (unpaired) electrons. The summed E-state index contributed by atoms with van der Waals surface area (Å²) < 4.78 is 7.55. The summed E-state index contributed by atoms with van der Waals surface area (Å²) in [5, 5.41) is 12.9. The van der Waals surface area contributed by atoms with Gasteiger partial charge in [0, 0.05) is 19.7 Å². The number of amides is 1. The molecule has 0 aliphatic rings. The zero-order valence-electron chi connectivity index (χ0n) is 12.9. The first-order chi connectivity index (χ1) is 11.6. The largest absolute Gasteiger partial charge is 0.420 e. The molecule has 0 atom stereocenters. The van der Waals surface area contributed by atoms with Crippen LogP contribution in [0.4, 0.5) is 10.7 Å². The number of rotatable bonds is 3. The van der Waals surface area contributed by atoms with Gasteiger partial charge in [-0.15, -0.1) is 0 Å². The van der Waals surface area contributed by atoms with Gasteiger partial charge < -0.3 is 4.74 Å². The van der Waals surface area contributed by atoms with E-state index in [1.807, 2.05) is 18.2 Å². The van der Waals surface area contributed by atoms with E-state index < -0.39 is 6.09 Å². The van der Waals surface area contributed by atoms with Gasteiger partial charge in [0.2, 0.25) is 5.88 Å². The third-order valence-corrected chi connectivity index (χ3v) is 3.22. The van der Waals surface area contributed by atoms with Crippen molar-refractivity contribution in [1.82, 2.24) is 29.8 Å². The fourth-order valence-electron chi connectivity index (χ4n) is 1.96. The molecule has 3 aromatic rings. The van der Waals surface area contributed by atoms with Crippen LogP contribution < -0.4 is 15.6 Å². The Balaban J connectivity index is 1.83. The Labute approximate surface area is 135 Å². The van der Waals surface area contributed by atoms with E-state index in [9.17, 15) is 9.59 Å². The molecule has 0 saturated heterocycles. The second kappa shape index (κ2) is 6.28. The third-order valence-electron chi connectivity index (χ3n) is 3.22. The number of carbonyl (C=O) groups is 1. The summed E-state index contributed by atoms with van der Waals surface area (Å²) in [5.74, 6) is 0.103. The molecule has 0 aliphatic heterocycles. The van der Waals surface area contributed by atoms with Crippen LogP contribution in [0.5, 0.6) is 5.88 Å². The van der Waals surface area contributed by atoms with Gasteiger partial charge in [0.1, 0.15) is 5.69 Å². The van der Waals surface area contributed by atoms with Crippen molar-refractivity contribution in [1.29, 1.82) is 0 Å². The smallest absolute Gasteiger partial charge is 0.391 e. The predicted molar refractivity (Wildman–Crippen MR) is 83.4 cm³/mol. The number of ether oxygens (including phenoxy) is 1. The average molecular weight is 327 g/mol. The molecule has 2 heterocycles. The van der Waals surface area contributed by atoms with Crippen molar-refractivity contribution in [3.63, 3.8) is 0 Å². The standard InChI is InChI=1S/C14H13N7O3/c1-20-10(24-14(23)16-13-17-18-19-21(13)2)8-15-11(12(20)22)9-6-4-3-5-7-9/h3-8H,1-2H3,(H,16,17,19,23). The Kier molecular flexibility index (Phi) is 4.01. The van der Waals surface area contributed by atoms with Gasteiger partial charge in [0.05, 0.1) is 6.20 Å².